The second-order valence-corrected chi connectivity index (χ2v) is 3.95. The standard InChI is InChI=1S/C15H13NO2/c1-11(17)14-4-2-3-5-15(14)18-13-8-6-12(10-16)7-9-13/h2-9,11,17H,1H3/t11-/m1/s1. The molecule has 1 atom stereocenters. The van der Waals surface area contributed by atoms with Crippen LogP contribution in [-0.2, 0) is 0 Å². The molecule has 0 bridgehead atoms. The van der Waals surface area contributed by atoms with Crippen LogP contribution in [0.2, 0.25) is 0 Å². The molecule has 18 heavy (non-hydrogen) atoms. The summed E-state index contributed by atoms with van der Waals surface area (Å²) in [7, 11) is 0. The molecule has 0 aliphatic rings. The largest absolute Gasteiger partial charge is 0.457 e. The molecule has 0 aliphatic heterocycles. The first-order chi connectivity index (χ1) is 8.70. The van der Waals surface area contributed by atoms with E-state index in [-0.39, 0.29) is 0 Å². The fourth-order valence-electron chi connectivity index (χ4n) is 1.64. The Morgan fingerprint density at radius 2 is 1.78 bits per heavy atom. The smallest absolute Gasteiger partial charge is 0.133 e. The van der Waals surface area contributed by atoms with Crippen molar-refractivity contribution in [3.63, 3.8) is 0 Å². The van der Waals surface area contributed by atoms with Crippen LogP contribution in [0, 0.1) is 11.3 Å². The van der Waals surface area contributed by atoms with Crippen molar-refractivity contribution in [2.45, 2.75) is 13.0 Å². The molecule has 0 saturated carbocycles. The van der Waals surface area contributed by atoms with Gasteiger partial charge in [-0.2, -0.15) is 5.26 Å². The van der Waals surface area contributed by atoms with Gasteiger partial charge in [-0.3, -0.25) is 0 Å². The van der Waals surface area contributed by atoms with E-state index >= 15 is 0 Å². The molecule has 0 unspecified atom stereocenters. The fraction of sp³-hybridized carbons (Fsp3) is 0.133. The molecular weight excluding hydrogens is 226 g/mol. The van der Waals surface area contributed by atoms with Gasteiger partial charge in [-0.25, -0.2) is 0 Å². The minimum absolute atomic E-state index is 0.584. The monoisotopic (exact) mass is 239 g/mol. The zero-order valence-corrected chi connectivity index (χ0v) is 10.00. The van der Waals surface area contributed by atoms with Crippen molar-refractivity contribution in [2.24, 2.45) is 0 Å². The fourth-order valence-corrected chi connectivity index (χ4v) is 1.64. The number of benzene rings is 2. The van der Waals surface area contributed by atoms with Crippen molar-refractivity contribution in [2.75, 3.05) is 0 Å². The Morgan fingerprint density at radius 1 is 1.11 bits per heavy atom. The van der Waals surface area contributed by atoms with Crippen LogP contribution in [0.5, 0.6) is 11.5 Å². The lowest BCUT2D eigenvalue weighted by Crippen LogP contribution is -1.95. The highest BCUT2D eigenvalue weighted by Gasteiger charge is 2.08. The van der Waals surface area contributed by atoms with Gasteiger partial charge in [0.25, 0.3) is 0 Å². The lowest BCUT2D eigenvalue weighted by Gasteiger charge is -2.12. The Labute approximate surface area is 106 Å². The molecule has 0 aliphatic carbocycles. The van der Waals surface area contributed by atoms with Gasteiger partial charge in [-0.05, 0) is 37.3 Å². The number of rotatable bonds is 3. The third-order valence-electron chi connectivity index (χ3n) is 2.58. The van der Waals surface area contributed by atoms with Gasteiger partial charge in [-0.15, -0.1) is 0 Å². The van der Waals surface area contributed by atoms with Crippen LogP contribution < -0.4 is 4.74 Å². The Hall–Kier alpha value is -2.31. The summed E-state index contributed by atoms with van der Waals surface area (Å²) >= 11 is 0. The van der Waals surface area contributed by atoms with Crippen LogP contribution in [0.1, 0.15) is 24.2 Å². The molecule has 0 spiro atoms. The van der Waals surface area contributed by atoms with Crippen LogP contribution in [0.15, 0.2) is 48.5 Å². The number of aliphatic hydroxyl groups is 1. The van der Waals surface area contributed by atoms with Gasteiger partial charge in [0.15, 0.2) is 0 Å². The highest BCUT2D eigenvalue weighted by molar-refractivity contribution is 5.41. The second kappa shape index (κ2) is 5.35. The molecule has 0 saturated heterocycles. The van der Waals surface area contributed by atoms with E-state index < -0.39 is 6.10 Å². The molecular formula is C15H13NO2. The summed E-state index contributed by atoms with van der Waals surface area (Å²) in [6.45, 7) is 1.70. The molecule has 0 amide bonds. The molecule has 0 aromatic heterocycles. The van der Waals surface area contributed by atoms with E-state index in [1.54, 1.807) is 37.3 Å². The van der Waals surface area contributed by atoms with Crippen molar-refractivity contribution in [1.82, 2.24) is 0 Å². The summed E-state index contributed by atoms with van der Waals surface area (Å²) < 4.78 is 5.70. The van der Waals surface area contributed by atoms with E-state index in [2.05, 4.69) is 6.07 Å². The van der Waals surface area contributed by atoms with Crippen LogP contribution >= 0.6 is 0 Å². The minimum Gasteiger partial charge on any atom is -0.457 e. The lowest BCUT2D eigenvalue weighted by molar-refractivity contribution is 0.195. The third kappa shape index (κ3) is 2.68. The highest BCUT2D eigenvalue weighted by Crippen LogP contribution is 2.29. The van der Waals surface area contributed by atoms with Gasteiger partial charge in [0.1, 0.15) is 11.5 Å². The Kier molecular flexibility index (Phi) is 3.61. The summed E-state index contributed by atoms with van der Waals surface area (Å²) in [5.74, 6) is 1.26. The number of nitriles is 1. The number of aliphatic hydroxyl groups excluding tert-OH is 1. The van der Waals surface area contributed by atoms with Crippen molar-refractivity contribution in [3.05, 3.63) is 59.7 Å². The maximum absolute atomic E-state index is 9.64. The molecule has 2 aromatic rings. The number of hydrogen-bond donors (Lipinski definition) is 1. The first-order valence-corrected chi connectivity index (χ1v) is 5.65. The third-order valence-corrected chi connectivity index (χ3v) is 2.58. The highest BCUT2D eigenvalue weighted by atomic mass is 16.5. The normalized spacial score (nSPS) is 11.6. The summed E-state index contributed by atoms with van der Waals surface area (Å²) in [6.07, 6.45) is -0.584. The molecule has 2 rings (SSSR count). The molecule has 0 fully saturated rings. The van der Waals surface area contributed by atoms with Crippen molar-refractivity contribution < 1.29 is 9.84 Å². The summed E-state index contributed by atoms with van der Waals surface area (Å²) in [4.78, 5) is 0. The van der Waals surface area contributed by atoms with Crippen LogP contribution in [0.3, 0.4) is 0 Å². The minimum atomic E-state index is -0.584. The van der Waals surface area contributed by atoms with E-state index in [0.29, 0.717) is 17.1 Å². The second-order valence-electron chi connectivity index (χ2n) is 3.95. The predicted molar refractivity (Wildman–Crippen MR) is 68.3 cm³/mol. The van der Waals surface area contributed by atoms with Gasteiger partial charge in [-0.1, -0.05) is 18.2 Å². The van der Waals surface area contributed by atoms with Gasteiger partial charge in [0, 0.05) is 5.56 Å². The Bertz CT molecular complexity index is 568. The summed E-state index contributed by atoms with van der Waals surface area (Å²) in [6, 6.07) is 16.2. The molecule has 2 aromatic carbocycles. The molecule has 90 valence electrons. The average Bonchev–Trinajstić information content (AvgIpc) is 2.40. The van der Waals surface area contributed by atoms with Gasteiger partial charge in [0.05, 0.1) is 17.7 Å². The van der Waals surface area contributed by atoms with Gasteiger partial charge < -0.3 is 9.84 Å². The van der Waals surface area contributed by atoms with E-state index in [1.807, 2.05) is 18.2 Å². The number of ether oxygens (including phenoxy) is 1. The molecule has 3 nitrogen and oxygen atoms in total. The molecule has 3 heteroatoms. The van der Waals surface area contributed by atoms with Gasteiger partial charge >= 0.3 is 0 Å². The lowest BCUT2D eigenvalue weighted by atomic mass is 10.1. The Balaban J connectivity index is 2.26. The molecule has 0 radical (unpaired) electrons. The quantitative estimate of drug-likeness (QED) is 0.893. The predicted octanol–water partition coefficient (Wildman–Crippen LogP) is 3.40. The van der Waals surface area contributed by atoms with Crippen LogP contribution in [0.25, 0.3) is 0 Å². The van der Waals surface area contributed by atoms with Gasteiger partial charge in [0.2, 0.25) is 0 Å². The summed E-state index contributed by atoms with van der Waals surface area (Å²) in [5, 5.41) is 18.4. The van der Waals surface area contributed by atoms with E-state index in [1.165, 1.54) is 0 Å². The summed E-state index contributed by atoms with van der Waals surface area (Å²) in [5.41, 5.74) is 1.33. The van der Waals surface area contributed by atoms with E-state index in [4.69, 9.17) is 10.00 Å². The first kappa shape index (κ1) is 12.2. The number of hydrogen-bond acceptors (Lipinski definition) is 3. The van der Waals surface area contributed by atoms with Crippen LogP contribution in [-0.4, -0.2) is 5.11 Å². The number of para-hydroxylation sites is 1. The number of nitrogens with zero attached hydrogens (tertiary/aromatic N) is 1. The Morgan fingerprint density at radius 3 is 2.39 bits per heavy atom. The maximum Gasteiger partial charge on any atom is 0.133 e. The van der Waals surface area contributed by atoms with Crippen molar-refractivity contribution in [1.29, 1.82) is 5.26 Å². The van der Waals surface area contributed by atoms with Crippen molar-refractivity contribution >= 4 is 0 Å². The topological polar surface area (TPSA) is 53.2 Å². The SMILES string of the molecule is C[C@@H](O)c1ccccc1Oc1ccc(C#N)cc1. The zero-order chi connectivity index (χ0) is 13.0. The maximum atomic E-state index is 9.64. The van der Waals surface area contributed by atoms with Crippen LogP contribution in [0.4, 0.5) is 0 Å². The van der Waals surface area contributed by atoms with Crippen molar-refractivity contribution in [3.8, 4) is 17.6 Å². The van der Waals surface area contributed by atoms with E-state index in [9.17, 15) is 5.11 Å². The first-order valence-electron chi connectivity index (χ1n) is 5.65. The zero-order valence-electron chi connectivity index (χ0n) is 10.00. The molecule has 0 heterocycles. The average molecular weight is 239 g/mol. The van der Waals surface area contributed by atoms with E-state index in [0.717, 1.165) is 5.56 Å². The molecule has 1 N–H and O–H groups in total.